The first-order valence-electron chi connectivity index (χ1n) is 14.8. The second-order valence-electron chi connectivity index (χ2n) is 11.3. The van der Waals surface area contributed by atoms with Crippen LogP contribution in [0.2, 0.25) is 0 Å². The first-order valence-corrected chi connectivity index (χ1v) is 14.8. The van der Waals surface area contributed by atoms with Crippen molar-refractivity contribution in [3.05, 3.63) is 72.8 Å². The Hall–Kier alpha value is -4.81. The molecule has 0 aliphatic carbocycles. The third-order valence-electron chi connectivity index (χ3n) is 7.67. The van der Waals surface area contributed by atoms with Gasteiger partial charge in [0.05, 0.1) is 36.8 Å². The standard InChI is InChI=1S/C32H37N9O3/c1-39(2)11-3-4-29(42)37-25-19-41(20-25)26-9-10-33-24(16-26)17-30(43)36-23-7-5-22(6-8-23)28-18-27-31(38-28)34-21-35-32(27)40-12-14-44-15-13-40/h3-10,16,18,21,25H,11-15,17,19-20H2,1-2H3,(H,36,43)(H,37,42)(H,34,35,38)/b4-3+. The summed E-state index contributed by atoms with van der Waals surface area (Å²) in [5, 5.41) is 6.97. The summed E-state index contributed by atoms with van der Waals surface area (Å²) in [7, 11) is 3.92. The van der Waals surface area contributed by atoms with Crippen molar-refractivity contribution < 1.29 is 14.3 Å². The van der Waals surface area contributed by atoms with E-state index >= 15 is 0 Å². The van der Waals surface area contributed by atoms with Gasteiger partial charge in [-0.05, 0) is 50.0 Å². The van der Waals surface area contributed by atoms with Crippen LogP contribution in [0.5, 0.6) is 0 Å². The molecule has 12 heteroatoms. The molecule has 0 spiro atoms. The predicted molar refractivity (Wildman–Crippen MR) is 171 cm³/mol. The maximum atomic E-state index is 12.9. The highest BCUT2D eigenvalue weighted by Crippen LogP contribution is 2.30. The number of nitrogens with one attached hydrogen (secondary N) is 3. The minimum atomic E-state index is -0.142. The van der Waals surface area contributed by atoms with Crippen LogP contribution in [-0.4, -0.2) is 103 Å². The van der Waals surface area contributed by atoms with Crippen LogP contribution in [0.1, 0.15) is 5.69 Å². The minimum Gasteiger partial charge on any atom is -0.378 e. The van der Waals surface area contributed by atoms with Gasteiger partial charge in [0.2, 0.25) is 11.8 Å². The van der Waals surface area contributed by atoms with Crippen LogP contribution >= 0.6 is 0 Å². The van der Waals surface area contributed by atoms with Crippen molar-refractivity contribution in [2.24, 2.45) is 0 Å². The molecule has 3 N–H and O–H groups in total. The molecule has 5 heterocycles. The number of pyridine rings is 1. The third kappa shape index (κ3) is 7.04. The number of ether oxygens (including phenoxy) is 1. The molecule has 3 aromatic heterocycles. The van der Waals surface area contributed by atoms with Crippen LogP contribution in [-0.2, 0) is 20.7 Å². The van der Waals surface area contributed by atoms with E-state index in [1.54, 1.807) is 18.6 Å². The van der Waals surface area contributed by atoms with E-state index in [0.717, 1.165) is 53.4 Å². The monoisotopic (exact) mass is 595 g/mol. The summed E-state index contributed by atoms with van der Waals surface area (Å²) in [5.41, 5.74) is 5.08. The summed E-state index contributed by atoms with van der Waals surface area (Å²) in [4.78, 5) is 48.1. The van der Waals surface area contributed by atoms with Gasteiger partial charge in [-0.25, -0.2) is 9.97 Å². The van der Waals surface area contributed by atoms with Crippen molar-refractivity contribution in [3.8, 4) is 11.3 Å². The maximum Gasteiger partial charge on any atom is 0.244 e. The molecule has 12 nitrogen and oxygen atoms in total. The van der Waals surface area contributed by atoms with E-state index in [2.05, 4.69) is 46.4 Å². The molecule has 0 radical (unpaired) electrons. The molecule has 228 valence electrons. The van der Waals surface area contributed by atoms with Crippen LogP contribution in [0, 0.1) is 0 Å². The Bertz CT molecular complexity index is 1640. The SMILES string of the molecule is CN(C)C/C=C/C(=O)NC1CN(c2ccnc(CC(=O)Nc3ccc(-c4cc5c(N6CCOCC6)ncnc5[nH]4)cc3)c2)C1. The minimum absolute atomic E-state index is 0.0785. The average Bonchev–Trinajstić information content (AvgIpc) is 3.44. The first-order chi connectivity index (χ1) is 21.4. The van der Waals surface area contributed by atoms with E-state index in [1.807, 2.05) is 61.5 Å². The lowest BCUT2D eigenvalue weighted by Crippen LogP contribution is -2.59. The van der Waals surface area contributed by atoms with Gasteiger partial charge in [0.25, 0.3) is 0 Å². The van der Waals surface area contributed by atoms with Gasteiger partial charge < -0.3 is 35.1 Å². The number of amides is 2. The van der Waals surface area contributed by atoms with Gasteiger partial charge >= 0.3 is 0 Å². The number of morpholine rings is 1. The number of nitrogens with zero attached hydrogens (tertiary/aromatic N) is 6. The Labute approximate surface area is 256 Å². The molecule has 0 saturated carbocycles. The Balaban J connectivity index is 1.02. The highest BCUT2D eigenvalue weighted by atomic mass is 16.5. The average molecular weight is 596 g/mol. The van der Waals surface area contributed by atoms with Crippen molar-refractivity contribution in [1.29, 1.82) is 0 Å². The summed E-state index contributed by atoms with van der Waals surface area (Å²) in [5.74, 6) is 0.688. The summed E-state index contributed by atoms with van der Waals surface area (Å²) >= 11 is 0. The number of hydrogen-bond acceptors (Lipinski definition) is 9. The smallest absolute Gasteiger partial charge is 0.244 e. The van der Waals surface area contributed by atoms with E-state index in [-0.39, 0.29) is 24.3 Å². The molecule has 0 bridgehead atoms. The lowest BCUT2D eigenvalue weighted by molar-refractivity contribution is -0.117. The number of aromatic amines is 1. The van der Waals surface area contributed by atoms with Crippen molar-refractivity contribution in [2.75, 3.05) is 75.1 Å². The third-order valence-corrected chi connectivity index (χ3v) is 7.67. The predicted octanol–water partition coefficient (Wildman–Crippen LogP) is 2.46. The van der Waals surface area contributed by atoms with E-state index in [4.69, 9.17) is 4.74 Å². The second-order valence-corrected chi connectivity index (χ2v) is 11.3. The molecule has 2 fully saturated rings. The molecular weight excluding hydrogens is 558 g/mol. The van der Waals surface area contributed by atoms with E-state index in [1.165, 1.54) is 0 Å². The molecule has 0 unspecified atom stereocenters. The van der Waals surface area contributed by atoms with Crippen LogP contribution < -0.4 is 20.4 Å². The van der Waals surface area contributed by atoms with E-state index in [0.29, 0.717) is 37.7 Å². The molecule has 2 saturated heterocycles. The molecule has 6 rings (SSSR count). The number of carbonyl (C=O) groups is 2. The maximum absolute atomic E-state index is 12.9. The van der Waals surface area contributed by atoms with E-state index < -0.39 is 0 Å². The van der Waals surface area contributed by atoms with Gasteiger partial charge in [-0.15, -0.1) is 0 Å². The van der Waals surface area contributed by atoms with E-state index in [9.17, 15) is 9.59 Å². The molecule has 2 amide bonds. The van der Waals surface area contributed by atoms with Crippen molar-refractivity contribution in [2.45, 2.75) is 12.5 Å². The highest BCUT2D eigenvalue weighted by Gasteiger charge is 2.28. The number of carbonyl (C=O) groups excluding carboxylic acids is 2. The normalized spacial score (nSPS) is 15.6. The number of benzene rings is 1. The van der Waals surface area contributed by atoms with Gasteiger partial charge in [0.15, 0.2) is 0 Å². The number of likely N-dealkylation sites (N-methyl/N-ethyl adjacent to an activating group) is 1. The van der Waals surface area contributed by atoms with Crippen LogP contribution in [0.25, 0.3) is 22.3 Å². The first kappa shape index (κ1) is 29.3. The molecular formula is C32H37N9O3. The Morgan fingerprint density at radius 2 is 1.84 bits per heavy atom. The number of anilines is 3. The fourth-order valence-corrected chi connectivity index (χ4v) is 5.37. The second kappa shape index (κ2) is 13.2. The zero-order valence-electron chi connectivity index (χ0n) is 25.0. The summed E-state index contributed by atoms with van der Waals surface area (Å²) in [6.07, 6.45) is 6.90. The highest BCUT2D eigenvalue weighted by molar-refractivity contribution is 5.94. The molecule has 2 aliphatic heterocycles. The molecule has 44 heavy (non-hydrogen) atoms. The number of aromatic nitrogens is 4. The lowest BCUT2D eigenvalue weighted by Gasteiger charge is -2.41. The number of H-pyrrole nitrogens is 1. The topological polar surface area (TPSA) is 132 Å². The molecule has 1 aromatic carbocycles. The number of rotatable bonds is 10. The van der Waals surface area contributed by atoms with Gasteiger partial charge in [-0.3, -0.25) is 14.6 Å². The van der Waals surface area contributed by atoms with Crippen LogP contribution in [0.3, 0.4) is 0 Å². The Morgan fingerprint density at radius 3 is 2.61 bits per heavy atom. The number of hydrogen-bond donors (Lipinski definition) is 3. The molecule has 0 atom stereocenters. The van der Waals surface area contributed by atoms with Crippen molar-refractivity contribution in [1.82, 2.24) is 30.2 Å². The molecule has 4 aromatic rings. The van der Waals surface area contributed by atoms with Crippen LogP contribution in [0.4, 0.5) is 17.2 Å². The van der Waals surface area contributed by atoms with Crippen molar-refractivity contribution >= 4 is 40.0 Å². The van der Waals surface area contributed by atoms with Gasteiger partial charge in [0.1, 0.15) is 17.8 Å². The van der Waals surface area contributed by atoms with Crippen molar-refractivity contribution in [3.63, 3.8) is 0 Å². The largest absolute Gasteiger partial charge is 0.378 e. The fourth-order valence-electron chi connectivity index (χ4n) is 5.37. The quantitative estimate of drug-likeness (QED) is 0.237. The van der Waals surface area contributed by atoms with Gasteiger partial charge in [0, 0.05) is 62.1 Å². The summed E-state index contributed by atoms with van der Waals surface area (Å²) in [6, 6.07) is 13.7. The summed E-state index contributed by atoms with van der Waals surface area (Å²) in [6.45, 7) is 5.13. The Morgan fingerprint density at radius 1 is 1.05 bits per heavy atom. The number of fused-ring (bicyclic) bond motifs is 1. The molecule has 2 aliphatic rings. The summed E-state index contributed by atoms with van der Waals surface area (Å²) < 4.78 is 5.49. The Kier molecular flexibility index (Phi) is 8.80. The zero-order valence-corrected chi connectivity index (χ0v) is 25.0. The lowest BCUT2D eigenvalue weighted by atomic mass is 10.1. The fraction of sp³-hybridized carbons (Fsp3) is 0.344. The zero-order chi connectivity index (χ0) is 30.5. The van der Waals surface area contributed by atoms with Gasteiger partial charge in [-0.1, -0.05) is 18.2 Å². The van der Waals surface area contributed by atoms with Crippen LogP contribution in [0.15, 0.2) is 67.1 Å². The van der Waals surface area contributed by atoms with Gasteiger partial charge in [-0.2, -0.15) is 0 Å².